The van der Waals surface area contributed by atoms with Gasteiger partial charge < -0.3 is 29.6 Å². The van der Waals surface area contributed by atoms with Crippen molar-refractivity contribution in [2.75, 3.05) is 12.4 Å². The molecule has 39 heavy (non-hydrogen) atoms. The molecule has 3 saturated carbocycles. The van der Waals surface area contributed by atoms with Gasteiger partial charge in [-0.2, -0.15) is 0 Å². The summed E-state index contributed by atoms with van der Waals surface area (Å²) in [5.41, 5.74) is -6.64. The molecule has 11 heteroatoms. The van der Waals surface area contributed by atoms with Crippen LogP contribution in [0.15, 0.2) is 23.8 Å². The van der Waals surface area contributed by atoms with Crippen molar-refractivity contribution in [1.29, 1.82) is 0 Å². The Balaban J connectivity index is 1.55. The van der Waals surface area contributed by atoms with Crippen LogP contribution in [0.3, 0.4) is 0 Å². The van der Waals surface area contributed by atoms with Crippen LogP contribution in [0.4, 0.5) is 8.78 Å². The molecule has 4 fully saturated rings. The van der Waals surface area contributed by atoms with Crippen molar-refractivity contribution >= 4 is 29.3 Å². The molecule has 8 nitrogen and oxygen atoms in total. The van der Waals surface area contributed by atoms with Gasteiger partial charge in [-0.1, -0.05) is 13.0 Å². The van der Waals surface area contributed by atoms with E-state index in [1.54, 1.807) is 20.8 Å². The number of alkyl halides is 2. The van der Waals surface area contributed by atoms with Gasteiger partial charge in [-0.25, -0.2) is 8.78 Å². The Morgan fingerprint density at radius 3 is 2.56 bits per heavy atom. The zero-order valence-corrected chi connectivity index (χ0v) is 23.3. The van der Waals surface area contributed by atoms with Crippen LogP contribution in [0.1, 0.15) is 53.4 Å². The van der Waals surface area contributed by atoms with E-state index in [4.69, 9.17) is 9.47 Å². The number of Topliss-reactive ketones (excluding diaryl/α,β-unsaturated/α-hetero) is 1. The van der Waals surface area contributed by atoms with Crippen molar-refractivity contribution in [2.24, 2.45) is 22.7 Å². The lowest BCUT2D eigenvalue weighted by atomic mass is 9.44. The Bertz CT molecular complexity index is 1160. The number of carbonyl (C=O) groups is 3. The highest BCUT2D eigenvalue weighted by molar-refractivity contribution is 8.01. The molecule has 3 unspecified atom stereocenters. The second-order valence-electron chi connectivity index (χ2n) is 12.5. The van der Waals surface area contributed by atoms with Crippen molar-refractivity contribution in [3.05, 3.63) is 23.8 Å². The second-order valence-corrected chi connectivity index (χ2v) is 13.7. The normalized spacial score (nSPS) is 46.5. The summed E-state index contributed by atoms with van der Waals surface area (Å²) < 4.78 is 45.7. The molecule has 4 aliphatic carbocycles. The van der Waals surface area contributed by atoms with Crippen molar-refractivity contribution in [3.63, 3.8) is 0 Å². The molecular weight excluding hydrogens is 534 g/mol. The molecule has 0 bridgehead atoms. The third kappa shape index (κ3) is 3.79. The number of aliphatic hydroxyl groups is 2. The zero-order chi connectivity index (χ0) is 28.8. The summed E-state index contributed by atoms with van der Waals surface area (Å²) >= 11 is 0.817. The summed E-state index contributed by atoms with van der Waals surface area (Å²) in [6.45, 7) is 6.17. The topological polar surface area (TPSA) is 133 Å². The van der Waals surface area contributed by atoms with E-state index in [2.05, 4.69) is 0 Å². The average molecular weight is 570 g/mol. The molecule has 1 heterocycles. The number of halogens is 2. The molecule has 5 rings (SSSR count). The average Bonchev–Trinajstić information content (AvgIpc) is 3.25. The minimum Gasteiger partial charge on any atom is -0.549 e. The fraction of sp³-hybridized carbons (Fsp3) is 0.750. The first kappa shape index (κ1) is 28.9. The minimum atomic E-state index is -2.31. The van der Waals surface area contributed by atoms with Crippen LogP contribution < -0.4 is 5.11 Å². The Kier molecular flexibility index (Phi) is 6.79. The van der Waals surface area contributed by atoms with Gasteiger partial charge in [0.2, 0.25) is 0 Å². The van der Waals surface area contributed by atoms with Crippen LogP contribution in [0.25, 0.3) is 0 Å². The first-order valence-electron chi connectivity index (χ1n) is 13.4. The molecule has 5 aliphatic rings. The lowest BCUT2D eigenvalue weighted by Crippen LogP contribution is -2.71. The molecule has 1 saturated heterocycles. The van der Waals surface area contributed by atoms with Crippen LogP contribution in [-0.4, -0.2) is 80.8 Å². The highest BCUT2D eigenvalue weighted by atomic mass is 32.2. The van der Waals surface area contributed by atoms with Crippen LogP contribution >= 0.6 is 11.8 Å². The van der Waals surface area contributed by atoms with Crippen molar-refractivity contribution in [2.45, 2.75) is 94.1 Å². The summed E-state index contributed by atoms with van der Waals surface area (Å²) in [6, 6.07) is 0. The molecule has 0 spiro atoms. The number of ketones is 2. The van der Waals surface area contributed by atoms with Gasteiger partial charge in [-0.3, -0.25) is 9.59 Å². The number of ether oxygens (including phenoxy) is 2. The number of aliphatic carboxylic acids is 1. The van der Waals surface area contributed by atoms with Gasteiger partial charge in [0, 0.05) is 28.6 Å². The quantitative estimate of drug-likeness (QED) is 0.469. The van der Waals surface area contributed by atoms with Crippen molar-refractivity contribution in [3.8, 4) is 0 Å². The fourth-order valence-corrected chi connectivity index (χ4v) is 9.45. The van der Waals surface area contributed by atoms with Gasteiger partial charge in [-0.15, -0.1) is 11.8 Å². The number of hydrogen-bond donors (Lipinski definition) is 2. The molecule has 0 aromatic rings. The van der Waals surface area contributed by atoms with E-state index in [0.717, 1.165) is 17.8 Å². The molecule has 0 amide bonds. The lowest BCUT2D eigenvalue weighted by molar-refractivity contribution is -0.305. The van der Waals surface area contributed by atoms with E-state index in [1.165, 1.54) is 19.1 Å². The standard InChI is InChI=1S/C28H36F2O8S/c1-24(2)37-22-11-15-16-10-18(29)17-9-14(32)5-7-25(17,3)27(16,30)20(33)12-26(15,4)28(22,38-24)21(34)13-39-19(6-8-31)23(35)36/h5,7,9,15-16,18-20,22,31,33H,6,8,10-13H2,1-4H3,(H,35,36)/p-1/t15?,16?,18-,19?,20-,22+,25-,26-,27-,28+/m0/s1. The van der Waals surface area contributed by atoms with Gasteiger partial charge in [0.05, 0.1) is 23.9 Å². The summed E-state index contributed by atoms with van der Waals surface area (Å²) in [7, 11) is 0. The number of aliphatic hydroxyl groups excluding tert-OH is 2. The zero-order valence-electron chi connectivity index (χ0n) is 22.4. The summed E-state index contributed by atoms with van der Waals surface area (Å²) in [4.78, 5) is 37.6. The highest BCUT2D eigenvalue weighted by Gasteiger charge is 2.80. The predicted octanol–water partition coefficient (Wildman–Crippen LogP) is 1.61. The van der Waals surface area contributed by atoms with Crippen LogP contribution in [0.2, 0.25) is 0 Å². The lowest BCUT2D eigenvalue weighted by Gasteiger charge is -2.63. The summed E-state index contributed by atoms with van der Waals surface area (Å²) in [5.74, 6) is -5.39. The van der Waals surface area contributed by atoms with Gasteiger partial charge in [0.25, 0.3) is 0 Å². The SMILES string of the molecule is CC1(C)O[C@@H]2CC3C4C[C@H](F)C5=CC(=O)C=C[C@]5(C)[C@@]4(F)[C@@H](O)C[C@]3(C)[C@]2(C(=O)CSC(CCO)C(=O)[O-])O1. The number of rotatable bonds is 7. The molecule has 0 aromatic heterocycles. The van der Waals surface area contributed by atoms with Gasteiger partial charge in [0.1, 0.15) is 6.17 Å². The Morgan fingerprint density at radius 1 is 1.23 bits per heavy atom. The largest absolute Gasteiger partial charge is 0.549 e. The van der Waals surface area contributed by atoms with Crippen LogP contribution in [0, 0.1) is 22.7 Å². The number of hydrogen-bond acceptors (Lipinski definition) is 9. The number of carboxylic acid groups (broad SMARTS) is 1. The number of carbonyl (C=O) groups excluding carboxylic acids is 3. The van der Waals surface area contributed by atoms with Gasteiger partial charge >= 0.3 is 0 Å². The maximum absolute atomic E-state index is 17.4. The van der Waals surface area contributed by atoms with E-state index in [0.29, 0.717) is 0 Å². The van der Waals surface area contributed by atoms with Crippen molar-refractivity contribution < 1.29 is 48.0 Å². The molecule has 10 atom stereocenters. The van der Waals surface area contributed by atoms with Crippen molar-refractivity contribution in [1.82, 2.24) is 0 Å². The molecule has 1 aliphatic heterocycles. The third-order valence-corrected chi connectivity index (χ3v) is 11.4. The Morgan fingerprint density at radius 2 is 1.92 bits per heavy atom. The highest BCUT2D eigenvalue weighted by Crippen LogP contribution is 2.72. The maximum atomic E-state index is 17.4. The summed E-state index contributed by atoms with van der Waals surface area (Å²) in [6.07, 6.45) is -0.724. The maximum Gasteiger partial charge on any atom is 0.178 e. The number of thioether (sulfide) groups is 1. The molecule has 2 N–H and O–H groups in total. The van der Waals surface area contributed by atoms with E-state index in [1.807, 2.05) is 0 Å². The van der Waals surface area contributed by atoms with Crippen LogP contribution in [-0.2, 0) is 23.9 Å². The fourth-order valence-electron chi connectivity index (χ4n) is 8.47. The van der Waals surface area contributed by atoms with Gasteiger partial charge in [0.15, 0.2) is 28.6 Å². The van der Waals surface area contributed by atoms with E-state index >= 15 is 8.78 Å². The van der Waals surface area contributed by atoms with E-state index < -0.39 is 87.5 Å². The second kappa shape index (κ2) is 9.17. The number of allylic oxidation sites excluding steroid dienone is 4. The Hall–Kier alpha value is -1.66. The van der Waals surface area contributed by atoms with Gasteiger partial charge in [-0.05, 0) is 70.1 Å². The van der Waals surface area contributed by atoms with E-state index in [9.17, 15) is 29.7 Å². The monoisotopic (exact) mass is 569 g/mol. The molecule has 0 aromatic carbocycles. The molecule has 0 radical (unpaired) electrons. The first-order chi connectivity index (χ1) is 18.1. The Labute approximate surface area is 230 Å². The number of fused-ring (bicyclic) bond motifs is 7. The first-order valence-corrected chi connectivity index (χ1v) is 14.4. The minimum absolute atomic E-state index is 0.0163. The van der Waals surface area contributed by atoms with Crippen LogP contribution in [0.5, 0.6) is 0 Å². The number of carboxylic acids is 1. The summed E-state index contributed by atoms with van der Waals surface area (Å²) in [5, 5.41) is 31.2. The van der Waals surface area contributed by atoms with E-state index in [-0.39, 0.29) is 37.0 Å². The smallest absolute Gasteiger partial charge is 0.178 e. The molecule has 216 valence electrons. The predicted molar refractivity (Wildman–Crippen MR) is 135 cm³/mol. The molecular formula is C28H35F2O8S-. The third-order valence-electron chi connectivity index (χ3n) is 10.1.